The first kappa shape index (κ1) is 27.9. The second-order valence-corrected chi connectivity index (χ2v) is 10.1. The first-order valence-electron chi connectivity index (χ1n) is 12.0. The van der Waals surface area contributed by atoms with E-state index in [9.17, 15) is 14.4 Å². The number of ether oxygens (including phenoxy) is 2. The Kier molecular flexibility index (Phi) is 9.11. The summed E-state index contributed by atoms with van der Waals surface area (Å²) in [6.45, 7) is 5.21. The maximum absolute atomic E-state index is 13.8. The van der Waals surface area contributed by atoms with Crippen LogP contribution in [-0.2, 0) is 14.3 Å². The highest BCUT2D eigenvalue weighted by Gasteiger charge is 2.43. The Morgan fingerprint density at radius 3 is 2.22 bits per heavy atom. The summed E-state index contributed by atoms with van der Waals surface area (Å²) in [5.41, 5.74) is 1.07. The van der Waals surface area contributed by atoms with Gasteiger partial charge in [0.25, 0.3) is 5.91 Å². The number of carbonyl (C=O) groups is 3. The van der Waals surface area contributed by atoms with Crippen molar-refractivity contribution in [2.24, 2.45) is 0 Å². The van der Waals surface area contributed by atoms with Gasteiger partial charge in [0.15, 0.2) is 0 Å². The van der Waals surface area contributed by atoms with E-state index in [1.807, 2.05) is 0 Å². The number of nitrogens with one attached hydrogen (secondary N) is 2. The van der Waals surface area contributed by atoms with Gasteiger partial charge in [-0.2, -0.15) is 12.6 Å². The van der Waals surface area contributed by atoms with Gasteiger partial charge in [0.05, 0.1) is 7.11 Å². The molecule has 9 heteroatoms. The van der Waals surface area contributed by atoms with Gasteiger partial charge in [-0.15, -0.1) is 6.42 Å². The lowest BCUT2D eigenvalue weighted by Crippen LogP contribution is -2.54. The van der Waals surface area contributed by atoms with Crippen LogP contribution < -0.4 is 15.4 Å². The number of hydrogen-bond donors (Lipinski definition) is 3. The molecule has 0 radical (unpaired) electrons. The fourth-order valence-electron chi connectivity index (χ4n) is 3.77. The van der Waals surface area contributed by atoms with Gasteiger partial charge in [0, 0.05) is 23.0 Å². The third-order valence-corrected chi connectivity index (χ3v) is 6.01. The second-order valence-electron chi connectivity index (χ2n) is 9.74. The molecule has 1 fully saturated rings. The van der Waals surface area contributed by atoms with Crippen molar-refractivity contribution in [2.75, 3.05) is 18.2 Å². The average Bonchev–Trinajstić information content (AvgIpc) is 3.70. The minimum Gasteiger partial charge on any atom is -0.497 e. The summed E-state index contributed by atoms with van der Waals surface area (Å²) < 4.78 is 10.5. The molecule has 3 amide bonds. The molecule has 2 aromatic carbocycles. The number of hydrogen-bond acceptors (Lipinski definition) is 6. The second kappa shape index (κ2) is 12.1. The lowest BCUT2D eigenvalue weighted by molar-refractivity contribution is -0.141. The fourth-order valence-corrected chi connectivity index (χ4v) is 4.02. The van der Waals surface area contributed by atoms with E-state index >= 15 is 0 Å². The molecule has 0 heterocycles. The first-order valence-corrected chi connectivity index (χ1v) is 12.6. The topological polar surface area (TPSA) is 97.0 Å². The molecule has 1 aliphatic carbocycles. The maximum atomic E-state index is 13.8. The Labute approximate surface area is 223 Å². The largest absolute Gasteiger partial charge is 0.497 e. The minimum absolute atomic E-state index is 0.0319. The summed E-state index contributed by atoms with van der Waals surface area (Å²) in [6.07, 6.45) is 6.27. The van der Waals surface area contributed by atoms with E-state index in [2.05, 4.69) is 29.2 Å². The van der Waals surface area contributed by atoms with Gasteiger partial charge in [0.1, 0.15) is 23.4 Å². The number of nitrogens with zero attached hydrogens (tertiary/aromatic N) is 1. The lowest BCUT2D eigenvalue weighted by atomic mass is 10.0. The van der Waals surface area contributed by atoms with E-state index in [0.717, 1.165) is 12.8 Å². The quantitative estimate of drug-likeness (QED) is 0.339. The molecule has 37 heavy (non-hydrogen) atoms. The van der Waals surface area contributed by atoms with Crippen molar-refractivity contribution in [1.82, 2.24) is 10.2 Å². The number of rotatable bonds is 9. The van der Waals surface area contributed by atoms with Gasteiger partial charge in [0.2, 0.25) is 5.91 Å². The van der Waals surface area contributed by atoms with Gasteiger partial charge in [-0.3, -0.25) is 9.59 Å². The Bertz CT molecular complexity index is 1150. The highest BCUT2D eigenvalue weighted by atomic mass is 32.1. The molecule has 0 aromatic heterocycles. The Morgan fingerprint density at radius 2 is 1.73 bits per heavy atom. The molecule has 3 rings (SSSR count). The molecule has 0 saturated heterocycles. The van der Waals surface area contributed by atoms with Gasteiger partial charge >= 0.3 is 6.09 Å². The standard InChI is InChI=1S/C28H33N3O5S/c1-6-18-7-9-19(10-8-18)24(25(32)29-20-11-15-22(35-5)16-12-20)31(21-13-14-21)26(33)23(17-37)30-27(34)36-28(2,3)4/h1,7-12,15-16,21,23-24,37H,13-14,17H2,2-5H3,(H,29,32)(H,30,34). The normalized spacial score (nSPS) is 14.5. The van der Waals surface area contributed by atoms with Gasteiger partial charge in [-0.1, -0.05) is 18.1 Å². The van der Waals surface area contributed by atoms with E-state index < -0.39 is 35.6 Å². The number of thiol groups is 1. The lowest BCUT2D eigenvalue weighted by Gasteiger charge is -2.34. The van der Waals surface area contributed by atoms with E-state index in [-0.39, 0.29) is 11.8 Å². The van der Waals surface area contributed by atoms with Crippen LogP contribution in [-0.4, -0.2) is 53.4 Å². The van der Waals surface area contributed by atoms with Crippen molar-refractivity contribution >= 4 is 36.2 Å². The van der Waals surface area contributed by atoms with Crippen LogP contribution in [0.4, 0.5) is 10.5 Å². The molecule has 2 atom stereocenters. The molecule has 8 nitrogen and oxygen atoms in total. The Hall–Kier alpha value is -3.64. The number of terminal acetylenes is 1. The number of anilines is 1. The number of benzene rings is 2. The summed E-state index contributed by atoms with van der Waals surface area (Å²) in [7, 11) is 1.56. The molecule has 0 spiro atoms. The molecule has 1 aliphatic rings. The van der Waals surface area contributed by atoms with Crippen LogP contribution in [0.2, 0.25) is 0 Å². The molecule has 2 aromatic rings. The van der Waals surface area contributed by atoms with Crippen LogP contribution in [0.5, 0.6) is 5.75 Å². The van der Waals surface area contributed by atoms with Crippen molar-refractivity contribution < 1.29 is 23.9 Å². The number of carbonyl (C=O) groups excluding carboxylic acids is 3. The summed E-state index contributed by atoms with van der Waals surface area (Å²) >= 11 is 4.30. The van der Waals surface area contributed by atoms with Crippen molar-refractivity contribution in [3.63, 3.8) is 0 Å². The SMILES string of the molecule is C#Cc1ccc(C(C(=O)Nc2ccc(OC)cc2)N(C(=O)C(CS)NC(=O)OC(C)(C)C)C2CC2)cc1. The van der Waals surface area contributed by atoms with E-state index in [1.165, 1.54) is 0 Å². The summed E-state index contributed by atoms with van der Waals surface area (Å²) in [5, 5.41) is 5.52. The summed E-state index contributed by atoms with van der Waals surface area (Å²) in [4.78, 5) is 41.5. The fraction of sp³-hybridized carbons (Fsp3) is 0.393. The van der Waals surface area contributed by atoms with Crippen LogP contribution in [0, 0.1) is 12.3 Å². The smallest absolute Gasteiger partial charge is 0.408 e. The molecule has 2 N–H and O–H groups in total. The van der Waals surface area contributed by atoms with Crippen LogP contribution >= 0.6 is 12.6 Å². The zero-order valence-electron chi connectivity index (χ0n) is 21.5. The zero-order valence-corrected chi connectivity index (χ0v) is 22.4. The van der Waals surface area contributed by atoms with Crippen molar-refractivity contribution in [3.8, 4) is 18.1 Å². The third kappa shape index (κ3) is 7.67. The summed E-state index contributed by atoms with van der Waals surface area (Å²) in [6, 6.07) is 11.8. The third-order valence-electron chi connectivity index (χ3n) is 5.64. The average molecular weight is 524 g/mol. The highest BCUT2D eigenvalue weighted by molar-refractivity contribution is 7.80. The molecule has 0 bridgehead atoms. The predicted octanol–water partition coefficient (Wildman–Crippen LogP) is 4.17. The molecule has 0 aliphatic heterocycles. The minimum atomic E-state index is -0.986. The molecule has 2 unspecified atom stereocenters. The number of alkyl carbamates (subject to hydrolysis) is 1. The molecular weight excluding hydrogens is 490 g/mol. The van der Waals surface area contributed by atoms with Crippen LogP contribution in [0.3, 0.4) is 0 Å². The number of methoxy groups -OCH3 is 1. The maximum Gasteiger partial charge on any atom is 0.408 e. The van der Waals surface area contributed by atoms with Gasteiger partial charge < -0.3 is 25.0 Å². The van der Waals surface area contributed by atoms with Crippen LogP contribution in [0.25, 0.3) is 0 Å². The summed E-state index contributed by atoms with van der Waals surface area (Å²) in [5.74, 6) is 2.44. The Morgan fingerprint density at radius 1 is 1.11 bits per heavy atom. The van der Waals surface area contributed by atoms with E-state index in [4.69, 9.17) is 15.9 Å². The Balaban J connectivity index is 1.94. The number of amides is 3. The van der Waals surface area contributed by atoms with Crippen LogP contribution in [0.15, 0.2) is 48.5 Å². The highest BCUT2D eigenvalue weighted by Crippen LogP contribution is 2.36. The first-order chi connectivity index (χ1) is 17.6. The van der Waals surface area contributed by atoms with Crippen molar-refractivity contribution in [3.05, 3.63) is 59.7 Å². The van der Waals surface area contributed by atoms with Gasteiger partial charge in [-0.25, -0.2) is 4.79 Å². The molecule has 1 saturated carbocycles. The zero-order chi connectivity index (χ0) is 27.2. The van der Waals surface area contributed by atoms with Crippen molar-refractivity contribution in [1.29, 1.82) is 0 Å². The van der Waals surface area contributed by atoms with E-state index in [1.54, 1.807) is 81.3 Å². The molecule has 196 valence electrons. The van der Waals surface area contributed by atoms with Crippen LogP contribution in [0.1, 0.15) is 50.8 Å². The van der Waals surface area contributed by atoms with Gasteiger partial charge in [-0.05, 0) is 75.6 Å². The predicted molar refractivity (Wildman–Crippen MR) is 146 cm³/mol. The molecular formula is C28H33N3O5S. The monoisotopic (exact) mass is 523 g/mol. The van der Waals surface area contributed by atoms with E-state index in [0.29, 0.717) is 22.6 Å². The van der Waals surface area contributed by atoms with Crippen molar-refractivity contribution in [2.45, 2.75) is 57.3 Å².